The zero-order valence-corrected chi connectivity index (χ0v) is 10.8. The van der Waals surface area contributed by atoms with Gasteiger partial charge >= 0.3 is 0 Å². The number of hydrogen-bond donors (Lipinski definition) is 2. The molecular formula is C12H13ClN4O. The van der Waals surface area contributed by atoms with Crippen molar-refractivity contribution in [1.82, 2.24) is 20.3 Å². The van der Waals surface area contributed by atoms with Gasteiger partial charge in [0.1, 0.15) is 11.0 Å². The van der Waals surface area contributed by atoms with E-state index in [9.17, 15) is 4.79 Å². The van der Waals surface area contributed by atoms with E-state index < -0.39 is 0 Å². The van der Waals surface area contributed by atoms with Gasteiger partial charge in [-0.05, 0) is 26.0 Å². The van der Waals surface area contributed by atoms with Gasteiger partial charge in [-0.2, -0.15) is 0 Å². The Morgan fingerprint density at radius 2 is 2.28 bits per heavy atom. The molecule has 6 heteroatoms. The van der Waals surface area contributed by atoms with E-state index in [-0.39, 0.29) is 11.9 Å². The van der Waals surface area contributed by atoms with Gasteiger partial charge in [-0.25, -0.2) is 9.97 Å². The van der Waals surface area contributed by atoms with Crippen LogP contribution in [0.1, 0.15) is 34.8 Å². The summed E-state index contributed by atoms with van der Waals surface area (Å²) in [4.78, 5) is 23.1. The summed E-state index contributed by atoms with van der Waals surface area (Å²) < 4.78 is 0. The molecule has 0 aromatic carbocycles. The predicted octanol–water partition coefficient (Wildman–Crippen LogP) is 2.26. The lowest BCUT2D eigenvalue weighted by molar-refractivity contribution is 0.0938. The van der Waals surface area contributed by atoms with Gasteiger partial charge in [0.15, 0.2) is 0 Å². The Morgan fingerprint density at radius 1 is 1.50 bits per heavy atom. The molecule has 0 saturated carbocycles. The first-order valence-corrected chi connectivity index (χ1v) is 5.88. The van der Waals surface area contributed by atoms with Gasteiger partial charge < -0.3 is 10.3 Å². The number of aromatic amines is 1. The first kappa shape index (κ1) is 12.6. The van der Waals surface area contributed by atoms with Crippen molar-refractivity contribution in [1.29, 1.82) is 0 Å². The number of halogens is 1. The van der Waals surface area contributed by atoms with E-state index in [0.717, 1.165) is 0 Å². The van der Waals surface area contributed by atoms with Gasteiger partial charge in [0.25, 0.3) is 5.91 Å². The van der Waals surface area contributed by atoms with Crippen LogP contribution in [0.25, 0.3) is 0 Å². The largest absolute Gasteiger partial charge is 0.347 e. The summed E-state index contributed by atoms with van der Waals surface area (Å²) in [6, 6.07) is 3.04. The number of pyridine rings is 1. The molecule has 0 saturated heterocycles. The third kappa shape index (κ3) is 2.87. The molecule has 1 unspecified atom stereocenters. The Hall–Kier alpha value is -1.88. The second-order valence-electron chi connectivity index (χ2n) is 3.99. The smallest absolute Gasteiger partial charge is 0.252 e. The molecule has 0 aliphatic rings. The van der Waals surface area contributed by atoms with Crippen LogP contribution in [-0.2, 0) is 0 Å². The van der Waals surface area contributed by atoms with Crippen LogP contribution in [0, 0.1) is 6.92 Å². The molecule has 0 radical (unpaired) electrons. The van der Waals surface area contributed by atoms with Gasteiger partial charge in [0.05, 0.1) is 6.04 Å². The lowest BCUT2D eigenvalue weighted by atomic mass is 10.2. The lowest BCUT2D eigenvalue weighted by Gasteiger charge is -2.11. The quantitative estimate of drug-likeness (QED) is 0.836. The highest BCUT2D eigenvalue weighted by Crippen LogP contribution is 2.12. The molecule has 2 rings (SSSR count). The van der Waals surface area contributed by atoms with Gasteiger partial charge in [-0.3, -0.25) is 4.79 Å². The summed E-state index contributed by atoms with van der Waals surface area (Å²) >= 11 is 5.82. The van der Waals surface area contributed by atoms with E-state index >= 15 is 0 Å². The SMILES string of the molecule is Cc1cc(C(=O)NC(C)c2ncc[nH]2)cc(Cl)n1. The number of nitrogens with zero attached hydrogens (tertiary/aromatic N) is 2. The average Bonchev–Trinajstić information content (AvgIpc) is 2.80. The molecule has 1 amide bonds. The van der Waals surface area contributed by atoms with Crippen molar-refractivity contribution < 1.29 is 4.79 Å². The number of hydrogen-bond acceptors (Lipinski definition) is 3. The van der Waals surface area contributed by atoms with Crippen LogP contribution in [-0.4, -0.2) is 20.9 Å². The fourth-order valence-electron chi connectivity index (χ4n) is 1.62. The molecule has 94 valence electrons. The standard InChI is InChI=1S/C12H13ClN4O/c1-7-5-9(6-10(13)16-7)12(18)17-8(2)11-14-3-4-15-11/h3-6,8H,1-2H3,(H,14,15)(H,17,18). The van der Waals surface area contributed by atoms with Crippen LogP contribution in [0.15, 0.2) is 24.5 Å². The highest BCUT2D eigenvalue weighted by atomic mass is 35.5. The van der Waals surface area contributed by atoms with Crippen LogP contribution >= 0.6 is 11.6 Å². The fourth-order valence-corrected chi connectivity index (χ4v) is 1.87. The van der Waals surface area contributed by atoms with Crippen LogP contribution < -0.4 is 5.32 Å². The summed E-state index contributed by atoms with van der Waals surface area (Å²) in [6.45, 7) is 3.64. The number of amides is 1. The molecule has 5 nitrogen and oxygen atoms in total. The second kappa shape index (κ2) is 5.18. The molecule has 2 N–H and O–H groups in total. The number of H-pyrrole nitrogens is 1. The molecule has 0 aliphatic heterocycles. The number of aromatic nitrogens is 3. The van der Waals surface area contributed by atoms with Crippen molar-refractivity contribution in [2.24, 2.45) is 0 Å². The summed E-state index contributed by atoms with van der Waals surface area (Å²) in [5.74, 6) is 0.506. The van der Waals surface area contributed by atoms with E-state index in [2.05, 4.69) is 20.3 Å². The predicted molar refractivity (Wildman–Crippen MR) is 68.5 cm³/mol. The lowest BCUT2D eigenvalue weighted by Crippen LogP contribution is -2.27. The highest BCUT2D eigenvalue weighted by molar-refractivity contribution is 6.29. The molecule has 0 bridgehead atoms. The minimum Gasteiger partial charge on any atom is -0.347 e. The van der Waals surface area contributed by atoms with Gasteiger partial charge in [-0.15, -0.1) is 0 Å². The maximum Gasteiger partial charge on any atom is 0.252 e. The number of aryl methyl sites for hydroxylation is 1. The maximum absolute atomic E-state index is 12.0. The Kier molecular flexibility index (Phi) is 3.62. The molecule has 2 aromatic rings. The summed E-state index contributed by atoms with van der Waals surface area (Å²) in [7, 11) is 0. The summed E-state index contributed by atoms with van der Waals surface area (Å²) in [5.41, 5.74) is 1.20. The highest BCUT2D eigenvalue weighted by Gasteiger charge is 2.13. The van der Waals surface area contributed by atoms with Gasteiger partial charge in [-0.1, -0.05) is 11.6 Å². The first-order chi connectivity index (χ1) is 8.56. The minimum absolute atomic E-state index is 0.195. The Morgan fingerprint density at radius 3 is 2.89 bits per heavy atom. The number of carbonyl (C=O) groups excluding carboxylic acids is 1. The van der Waals surface area contributed by atoms with Crippen LogP contribution in [0.3, 0.4) is 0 Å². The van der Waals surface area contributed by atoms with Gasteiger partial charge in [0.2, 0.25) is 0 Å². The van der Waals surface area contributed by atoms with Crippen LogP contribution in [0.4, 0.5) is 0 Å². The molecule has 0 aliphatic carbocycles. The molecule has 1 atom stereocenters. The molecule has 0 fully saturated rings. The van der Waals surface area contributed by atoms with Crippen molar-refractivity contribution in [2.45, 2.75) is 19.9 Å². The van der Waals surface area contributed by atoms with Crippen molar-refractivity contribution in [3.05, 3.63) is 46.8 Å². The third-order valence-electron chi connectivity index (χ3n) is 2.46. The van der Waals surface area contributed by atoms with E-state index in [1.165, 1.54) is 0 Å². The Balaban J connectivity index is 2.12. The topological polar surface area (TPSA) is 70.7 Å². The van der Waals surface area contributed by atoms with E-state index in [4.69, 9.17) is 11.6 Å². The molecule has 2 aromatic heterocycles. The number of nitrogens with one attached hydrogen (secondary N) is 2. The van der Waals surface area contributed by atoms with Crippen LogP contribution in [0.5, 0.6) is 0 Å². The number of carbonyl (C=O) groups is 1. The molecule has 2 heterocycles. The molecule has 0 spiro atoms. The second-order valence-corrected chi connectivity index (χ2v) is 4.38. The number of imidazole rings is 1. The zero-order valence-electron chi connectivity index (χ0n) is 10.1. The average molecular weight is 265 g/mol. The van der Waals surface area contributed by atoms with Crippen molar-refractivity contribution in [3.8, 4) is 0 Å². The Labute approximate surface area is 110 Å². The van der Waals surface area contributed by atoms with E-state index in [1.807, 2.05) is 6.92 Å². The third-order valence-corrected chi connectivity index (χ3v) is 2.66. The van der Waals surface area contributed by atoms with Crippen LogP contribution in [0.2, 0.25) is 5.15 Å². The normalized spacial score (nSPS) is 12.2. The monoisotopic (exact) mass is 264 g/mol. The first-order valence-electron chi connectivity index (χ1n) is 5.50. The van der Waals surface area contributed by atoms with E-state index in [1.54, 1.807) is 31.5 Å². The zero-order chi connectivity index (χ0) is 13.1. The van der Waals surface area contributed by atoms with E-state index in [0.29, 0.717) is 22.2 Å². The Bertz CT molecular complexity index is 533. The van der Waals surface area contributed by atoms with Gasteiger partial charge in [0, 0.05) is 23.7 Å². The summed E-state index contributed by atoms with van der Waals surface area (Å²) in [5, 5.41) is 3.14. The maximum atomic E-state index is 12.0. The number of rotatable bonds is 3. The van der Waals surface area contributed by atoms with Crippen molar-refractivity contribution in [2.75, 3.05) is 0 Å². The fraction of sp³-hybridized carbons (Fsp3) is 0.250. The molecular weight excluding hydrogens is 252 g/mol. The minimum atomic E-state index is -0.202. The van der Waals surface area contributed by atoms with Crippen molar-refractivity contribution >= 4 is 17.5 Å². The molecule has 18 heavy (non-hydrogen) atoms. The summed E-state index contributed by atoms with van der Waals surface area (Å²) in [6.07, 6.45) is 3.36. The van der Waals surface area contributed by atoms with Crippen molar-refractivity contribution in [3.63, 3.8) is 0 Å².